The largest absolute Gasteiger partial charge is 0.353 e. The Morgan fingerprint density at radius 2 is 1.81 bits per heavy atom. The number of hydrogen-bond acceptors (Lipinski definition) is 1. The molecule has 0 spiro atoms. The summed E-state index contributed by atoms with van der Waals surface area (Å²) in [6, 6.07) is 8.16. The number of allylic oxidation sites excluding steroid dienone is 2. The van der Waals surface area contributed by atoms with Crippen LogP contribution in [0.2, 0.25) is 0 Å². The monoisotopic (exact) mass is 211 g/mol. The molecule has 0 aliphatic heterocycles. The molecular weight excluding hydrogens is 194 g/mol. The van der Waals surface area contributed by atoms with Crippen LogP contribution >= 0.6 is 0 Å². The van der Waals surface area contributed by atoms with Crippen molar-refractivity contribution in [2.45, 2.75) is 20.3 Å². The molecule has 1 N–H and O–H groups in total. The van der Waals surface area contributed by atoms with E-state index in [1.807, 2.05) is 31.2 Å². The molecule has 1 aromatic rings. The summed E-state index contributed by atoms with van der Waals surface area (Å²) in [4.78, 5) is 0. The summed E-state index contributed by atoms with van der Waals surface area (Å²) in [7, 11) is 0. The summed E-state index contributed by atoms with van der Waals surface area (Å²) in [5, 5.41) is 3.26. The summed E-state index contributed by atoms with van der Waals surface area (Å²) in [5.74, 6) is 0. The fourth-order valence-electron chi connectivity index (χ4n) is 1.34. The second-order valence-electron chi connectivity index (χ2n) is 3.51. The standard InChI is InChI=1S/C15H17N/c1-5-12(4)13-8-10-15(11-9-13)16-14(6-2)7-3/h8-11,16H,1-2,7H2,3-4H3. The van der Waals surface area contributed by atoms with Crippen molar-refractivity contribution in [2.75, 3.05) is 5.32 Å². The zero-order valence-corrected chi connectivity index (χ0v) is 9.93. The van der Waals surface area contributed by atoms with Crippen molar-refractivity contribution < 1.29 is 0 Å². The highest BCUT2D eigenvalue weighted by molar-refractivity contribution is 5.65. The molecule has 1 nitrogen and oxygen atoms in total. The Hall–Kier alpha value is -1.94. The van der Waals surface area contributed by atoms with Crippen LogP contribution in [0.1, 0.15) is 25.8 Å². The first-order chi connectivity index (χ1) is 7.71. The van der Waals surface area contributed by atoms with E-state index in [2.05, 4.69) is 36.9 Å². The number of nitrogens with one attached hydrogen (secondary N) is 1. The third-order valence-corrected chi connectivity index (χ3v) is 2.45. The molecule has 1 rings (SSSR count). The fourth-order valence-corrected chi connectivity index (χ4v) is 1.34. The molecule has 16 heavy (non-hydrogen) atoms. The highest BCUT2D eigenvalue weighted by Gasteiger charge is 1.97. The second-order valence-corrected chi connectivity index (χ2v) is 3.51. The Morgan fingerprint density at radius 1 is 1.19 bits per heavy atom. The van der Waals surface area contributed by atoms with Gasteiger partial charge in [0.05, 0.1) is 5.70 Å². The van der Waals surface area contributed by atoms with E-state index in [4.69, 9.17) is 0 Å². The Balaban J connectivity index is 2.87. The maximum atomic E-state index is 3.64. The van der Waals surface area contributed by atoms with Gasteiger partial charge in [0.1, 0.15) is 0 Å². The van der Waals surface area contributed by atoms with E-state index in [1.165, 1.54) is 0 Å². The van der Waals surface area contributed by atoms with Crippen LogP contribution in [0, 0.1) is 0 Å². The van der Waals surface area contributed by atoms with Gasteiger partial charge in [-0.2, -0.15) is 0 Å². The summed E-state index contributed by atoms with van der Waals surface area (Å²) in [5.41, 5.74) is 10.0. The molecule has 0 heterocycles. The van der Waals surface area contributed by atoms with Crippen LogP contribution in [-0.4, -0.2) is 0 Å². The molecule has 0 saturated carbocycles. The van der Waals surface area contributed by atoms with Crippen molar-refractivity contribution in [3.05, 3.63) is 60.1 Å². The summed E-state index contributed by atoms with van der Waals surface area (Å²) < 4.78 is 0. The van der Waals surface area contributed by atoms with Gasteiger partial charge >= 0.3 is 0 Å². The van der Waals surface area contributed by atoms with Gasteiger partial charge in [0.15, 0.2) is 0 Å². The molecule has 0 aliphatic rings. The van der Waals surface area contributed by atoms with E-state index in [0.29, 0.717) is 0 Å². The van der Waals surface area contributed by atoms with Gasteiger partial charge in [-0.3, -0.25) is 0 Å². The number of hydrogen-bond donors (Lipinski definition) is 1. The minimum Gasteiger partial charge on any atom is -0.353 e. The molecule has 0 fully saturated rings. The first kappa shape index (κ1) is 12.1. The number of rotatable bonds is 4. The molecule has 0 saturated heterocycles. The molecule has 0 atom stereocenters. The van der Waals surface area contributed by atoms with Crippen molar-refractivity contribution in [1.29, 1.82) is 0 Å². The lowest BCUT2D eigenvalue weighted by Crippen LogP contribution is -1.96. The molecular formula is C15H17N. The van der Waals surface area contributed by atoms with Crippen molar-refractivity contribution in [1.82, 2.24) is 0 Å². The molecule has 0 radical (unpaired) electrons. The lowest BCUT2D eigenvalue weighted by molar-refractivity contribution is 1.11. The number of benzene rings is 1. The molecule has 1 heteroatoms. The Labute approximate surface area is 97.5 Å². The molecule has 0 aliphatic carbocycles. The van der Waals surface area contributed by atoms with Gasteiger partial charge in [0.25, 0.3) is 0 Å². The first-order valence-electron chi connectivity index (χ1n) is 5.34. The predicted octanol–water partition coefficient (Wildman–Crippen LogP) is 4.37. The molecule has 0 aromatic heterocycles. The molecule has 82 valence electrons. The van der Waals surface area contributed by atoms with Crippen molar-refractivity contribution in [2.24, 2.45) is 0 Å². The van der Waals surface area contributed by atoms with Gasteiger partial charge in [-0.15, -0.1) is 11.5 Å². The SMILES string of the molecule is C=C=C(CC)Nc1ccc(C(C)=C=C)cc1. The van der Waals surface area contributed by atoms with Crippen LogP contribution in [0.3, 0.4) is 0 Å². The minimum atomic E-state index is 0.900. The van der Waals surface area contributed by atoms with Crippen molar-refractivity contribution in [3.63, 3.8) is 0 Å². The normalized spacial score (nSPS) is 8.88. The maximum absolute atomic E-state index is 3.64. The van der Waals surface area contributed by atoms with Crippen LogP contribution in [0.4, 0.5) is 5.69 Å². The third-order valence-electron chi connectivity index (χ3n) is 2.45. The van der Waals surface area contributed by atoms with Crippen LogP contribution in [0.25, 0.3) is 5.57 Å². The van der Waals surface area contributed by atoms with E-state index in [-0.39, 0.29) is 0 Å². The highest BCUT2D eigenvalue weighted by Crippen LogP contribution is 2.17. The average Bonchev–Trinajstić information content (AvgIpc) is 2.35. The van der Waals surface area contributed by atoms with Crippen molar-refractivity contribution >= 4 is 11.3 Å². The lowest BCUT2D eigenvalue weighted by atomic mass is 10.1. The Morgan fingerprint density at radius 3 is 2.25 bits per heavy atom. The molecule has 1 aromatic carbocycles. The Bertz CT molecular complexity index is 453. The molecule has 0 amide bonds. The van der Waals surface area contributed by atoms with Gasteiger partial charge in [-0.05, 0) is 36.6 Å². The summed E-state index contributed by atoms with van der Waals surface area (Å²) in [6.45, 7) is 11.3. The number of anilines is 1. The zero-order valence-electron chi connectivity index (χ0n) is 9.93. The van der Waals surface area contributed by atoms with Gasteiger partial charge in [0, 0.05) is 5.69 Å². The van der Waals surface area contributed by atoms with Crippen LogP contribution in [0.5, 0.6) is 0 Å². The van der Waals surface area contributed by atoms with Gasteiger partial charge in [-0.25, -0.2) is 0 Å². The minimum absolute atomic E-state index is 0.900. The zero-order chi connectivity index (χ0) is 12.0. The van der Waals surface area contributed by atoms with Crippen LogP contribution in [-0.2, 0) is 0 Å². The van der Waals surface area contributed by atoms with E-state index in [9.17, 15) is 0 Å². The predicted molar refractivity (Wildman–Crippen MR) is 71.2 cm³/mol. The Kier molecular flexibility index (Phi) is 4.42. The highest BCUT2D eigenvalue weighted by atomic mass is 14.9. The van der Waals surface area contributed by atoms with E-state index in [1.54, 1.807) is 0 Å². The first-order valence-corrected chi connectivity index (χ1v) is 5.34. The molecule has 0 bridgehead atoms. The maximum Gasteiger partial charge on any atom is 0.0573 e. The van der Waals surface area contributed by atoms with Gasteiger partial charge in [0.2, 0.25) is 0 Å². The van der Waals surface area contributed by atoms with Crippen LogP contribution in [0.15, 0.2) is 54.6 Å². The molecule has 0 unspecified atom stereocenters. The van der Waals surface area contributed by atoms with E-state index >= 15 is 0 Å². The lowest BCUT2D eigenvalue weighted by Gasteiger charge is -2.07. The topological polar surface area (TPSA) is 12.0 Å². The second kappa shape index (κ2) is 5.82. The smallest absolute Gasteiger partial charge is 0.0573 e. The quantitative estimate of drug-likeness (QED) is 0.729. The third kappa shape index (κ3) is 3.03. The van der Waals surface area contributed by atoms with Crippen LogP contribution < -0.4 is 5.32 Å². The fraction of sp³-hybridized carbons (Fsp3) is 0.200. The van der Waals surface area contributed by atoms with E-state index < -0.39 is 0 Å². The summed E-state index contributed by atoms with van der Waals surface area (Å²) in [6.07, 6.45) is 0.900. The average molecular weight is 211 g/mol. The summed E-state index contributed by atoms with van der Waals surface area (Å²) >= 11 is 0. The van der Waals surface area contributed by atoms with Crippen molar-refractivity contribution in [3.8, 4) is 0 Å². The van der Waals surface area contributed by atoms with Gasteiger partial charge < -0.3 is 5.32 Å². The van der Waals surface area contributed by atoms with E-state index in [0.717, 1.165) is 28.9 Å². The van der Waals surface area contributed by atoms with Gasteiger partial charge in [-0.1, -0.05) is 32.2 Å².